The average Bonchev–Trinajstić information content (AvgIpc) is 2.37. The van der Waals surface area contributed by atoms with Crippen LogP contribution >= 0.6 is 11.8 Å². The van der Waals surface area contributed by atoms with Crippen molar-refractivity contribution in [1.82, 2.24) is 9.97 Å². The summed E-state index contributed by atoms with van der Waals surface area (Å²) in [6.07, 6.45) is 1.69. The lowest BCUT2D eigenvalue weighted by Gasteiger charge is -2.14. The molecule has 100 valence electrons. The molecule has 2 N–H and O–H groups in total. The number of nitrogens with zero attached hydrogens (tertiary/aromatic N) is 3. The van der Waals surface area contributed by atoms with Crippen molar-refractivity contribution >= 4 is 18.0 Å². The third-order valence-electron chi connectivity index (χ3n) is 2.21. The third kappa shape index (κ3) is 4.06. The van der Waals surface area contributed by atoms with Crippen molar-refractivity contribution < 1.29 is 9.47 Å². The number of ether oxygens (including phenoxy) is 2. The van der Waals surface area contributed by atoms with Gasteiger partial charge in [-0.05, 0) is 5.92 Å². The van der Waals surface area contributed by atoms with Crippen LogP contribution in [0, 0.1) is 5.92 Å². The number of hydrazone groups is 1. The molecular formula is C11H18N4O2S. The van der Waals surface area contributed by atoms with Gasteiger partial charge in [-0.25, -0.2) is 0 Å². The first kappa shape index (κ1) is 14.6. The van der Waals surface area contributed by atoms with Gasteiger partial charge in [0.15, 0.2) is 5.16 Å². The zero-order valence-corrected chi connectivity index (χ0v) is 11.8. The molecule has 0 fully saturated rings. The van der Waals surface area contributed by atoms with Crippen molar-refractivity contribution in [3.8, 4) is 11.8 Å². The molecule has 0 amide bonds. The van der Waals surface area contributed by atoms with Gasteiger partial charge in [-0.2, -0.15) is 15.1 Å². The van der Waals surface area contributed by atoms with E-state index in [2.05, 4.69) is 28.9 Å². The minimum atomic E-state index is 0.104. The number of thioether (sulfide) groups is 1. The number of nitrogens with two attached hydrogens (primary N) is 1. The van der Waals surface area contributed by atoms with Gasteiger partial charge >= 0.3 is 0 Å². The molecule has 0 bridgehead atoms. The van der Waals surface area contributed by atoms with Crippen LogP contribution in [0.1, 0.15) is 13.8 Å². The van der Waals surface area contributed by atoms with Crippen LogP contribution in [0.5, 0.6) is 11.8 Å². The van der Waals surface area contributed by atoms with Crippen molar-refractivity contribution in [3.05, 3.63) is 6.07 Å². The summed E-state index contributed by atoms with van der Waals surface area (Å²) < 4.78 is 10.2. The summed E-state index contributed by atoms with van der Waals surface area (Å²) in [7, 11) is 3.11. The molecular weight excluding hydrogens is 252 g/mol. The van der Waals surface area contributed by atoms with E-state index in [1.165, 1.54) is 11.8 Å². The number of methoxy groups -OCH3 is 2. The minimum absolute atomic E-state index is 0.104. The predicted molar refractivity (Wildman–Crippen MR) is 72.3 cm³/mol. The highest BCUT2D eigenvalue weighted by Gasteiger charge is 2.16. The summed E-state index contributed by atoms with van der Waals surface area (Å²) >= 11 is 1.47. The Hall–Kier alpha value is -1.50. The summed E-state index contributed by atoms with van der Waals surface area (Å²) in [6.45, 7) is 4.16. The van der Waals surface area contributed by atoms with Gasteiger partial charge in [0.2, 0.25) is 11.8 Å². The van der Waals surface area contributed by atoms with E-state index in [-0.39, 0.29) is 5.25 Å². The van der Waals surface area contributed by atoms with E-state index >= 15 is 0 Å². The number of hydrogen-bond acceptors (Lipinski definition) is 7. The number of aromatic nitrogens is 2. The third-order valence-corrected chi connectivity index (χ3v) is 3.54. The number of hydrogen-bond donors (Lipinski definition) is 1. The van der Waals surface area contributed by atoms with Crippen LogP contribution in [0.2, 0.25) is 0 Å². The maximum atomic E-state index is 5.20. The van der Waals surface area contributed by atoms with E-state index in [9.17, 15) is 0 Å². The Kier molecular flexibility index (Phi) is 5.70. The number of rotatable bonds is 6. The predicted octanol–water partition coefficient (Wildman–Crippen LogP) is 1.56. The lowest BCUT2D eigenvalue weighted by atomic mass is 10.1. The molecule has 0 spiro atoms. The van der Waals surface area contributed by atoms with Gasteiger partial charge < -0.3 is 15.3 Å². The van der Waals surface area contributed by atoms with Crippen LogP contribution in [0.15, 0.2) is 16.3 Å². The summed E-state index contributed by atoms with van der Waals surface area (Å²) in [5.74, 6) is 6.50. The second-order valence-corrected chi connectivity index (χ2v) is 5.01. The summed E-state index contributed by atoms with van der Waals surface area (Å²) in [6, 6.07) is 1.63. The van der Waals surface area contributed by atoms with Crippen LogP contribution in [0.25, 0.3) is 0 Å². The highest BCUT2D eigenvalue weighted by atomic mass is 32.2. The van der Waals surface area contributed by atoms with E-state index in [1.807, 2.05) is 0 Å². The first-order valence-electron chi connectivity index (χ1n) is 5.47. The zero-order chi connectivity index (χ0) is 13.5. The van der Waals surface area contributed by atoms with Crippen molar-refractivity contribution in [2.45, 2.75) is 24.3 Å². The van der Waals surface area contributed by atoms with Gasteiger partial charge in [-0.15, -0.1) is 0 Å². The molecule has 7 heteroatoms. The molecule has 1 aromatic heterocycles. The molecule has 6 nitrogen and oxygen atoms in total. The first-order chi connectivity index (χ1) is 8.60. The zero-order valence-electron chi connectivity index (χ0n) is 11.0. The van der Waals surface area contributed by atoms with E-state index in [1.54, 1.807) is 26.5 Å². The smallest absolute Gasteiger partial charge is 0.220 e. The largest absolute Gasteiger partial charge is 0.481 e. The maximum absolute atomic E-state index is 5.20. The van der Waals surface area contributed by atoms with Gasteiger partial charge in [0.25, 0.3) is 0 Å². The molecule has 0 aliphatic carbocycles. The lowest BCUT2D eigenvalue weighted by Crippen LogP contribution is -2.14. The average molecular weight is 270 g/mol. The molecule has 0 saturated heterocycles. The molecule has 0 aliphatic rings. The molecule has 0 radical (unpaired) electrons. The van der Waals surface area contributed by atoms with Gasteiger partial charge in [0.05, 0.1) is 25.5 Å². The van der Waals surface area contributed by atoms with E-state index in [4.69, 9.17) is 15.3 Å². The van der Waals surface area contributed by atoms with Crippen molar-refractivity contribution in [3.63, 3.8) is 0 Å². The SMILES string of the molecule is COc1cc(OC)nc(SC(/C=N/N)C(C)C)n1. The van der Waals surface area contributed by atoms with Gasteiger partial charge in [-0.1, -0.05) is 25.6 Å². The second kappa shape index (κ2) is 7.05. The maximum Gasteiger partial charge on any atom is 0.220 e. The van der Waals surface area contributed by atoms with Crippen LogP contribution < -0.4 is 15.3 Å². The molecule has 18 heavy (non-hydrogen) atoms. The Morgan fingerprint density at radius 3 is 2.22 bits per heavy atom. The fourth-order valence-corrected chi connectivity index (χ4v) is 2.12. The normalized spacial score (nSPS) is 12.9. The fraction of sp³-hybridized carbons (Fsp3) is 0.545. The van der Waals surface area contributed by atoms with Gasteiger partial charge in [0.1, 0.15) is 0 Å². The van der Waals surface area contributed by atoms with Crippen LogP contribution in [0.4, 0.5) is 0 Å². The van der Waals surface area contributed by atoms with Crippen molar-refractivity contribution in [2.75, 3.05) is 14.2 Å². The summed E-state index contributed by atoms with van der Waals surface area (Å²) in [4.78, 5) is 8.50. The molecule has 0 saturated carbocycles. The fourth-order valence-electron chi connectivity index (χ4n) is 1.19. The first-order valence-corrected chi connectivity index (χ1v) is 6.35. The van der Waals surface area contributed by atoms with Crippen molar-refractivity contribution in [1.29, 1.82) is 0 Å². The van der Waals surface area contributed by atoms with E-state index < -0.39 is 0 Å². The molecule has 1 heterocycles. The molecule has 1 aromatic rings. The molecule has 1 rings (SSSR count). The van der Waals surface area contributed by atoms with E-state index in [0.717, 1.165) is 0 Å². The Balaban J connectivity index is 2.94. The van der Waals surface area contributed by atoms with Gasteiger partial charge in [0, 0.05) is 6.21 Å². The molecule has 0 aliphatic heterocycles. The monoisotopic (exact) mass is 270 g/mol. The highest BCUT2D eigenvalue weighted by molar-refractivity contribution is 8.00. The highest BCUT2D eigenvalue weighted by Crippen LogP contribution is 2.27. The topological polar surface area (TPSA) is 82.6 Å². The van der Waals surface area contributed by atoms with Crippen molar-refractivity contribution in [2.24, 2.45) is 16.9 Å². The Morgan fingerprint density at radius 2 is 1.83 bits per heavy atom. The van der Waals surface area contributed by atoms with Gasteiger partial charge in [-0.3, -0.25) is 0 Å². The van der Waals surface area contributed by atoms with E-state index in [0.29, 0.717) is 22.8 Å². The minimum Gasteiger partial charge on any atom is -0.481 e. The summed E-state index contributed by atoms with van der Waals surface area (Å²) in [5, 5.41) is 4.25. The lowest BCUT2D eigenvalue weighted by molar-refractivity contribution is 0.364. The quantitative estimate of drug-likeness (QED) is 0.278. The Bertz CT molecular complexity index is 390. The standard InChI is InChI=1S/C11H18N4O2S/c1-7(2)8(6-13-12)18-11-14-9(16-3)5-10(15-11)17-4/h5-8H,12H2,1-4H3/b13-6+. The second-order valence-electron chi connectivity index (χ2n) is 3.86. The van der Waals surface area contributed by atoms with Crippen LogP contribution in [0.3, 0.4) is 0 Å². The Morgan fingerprint density at radius 1 is 1.28 bits per heavy atom. The van der Waals surface area contributed by atoms with Crippen LogP contribution in [-0.4, -0.2) is 35.7 Å². The Labute approximate surface area is 111 Å². The molecule has 1 unspecified atom stereocenters. The molecule has 0 aromatic carbocycles. The molecule has 1 atom stereocenters. The summed E-state index contributed by atoms with van der Waals surface area (Å²) in [5.41, 5.74) is 0. The van der Waals surface area contributed by atoms with Crippen LogP contribution in [-0.2, 0) is 0 Å².